The summed E-state index contributed by atoms with van der Waals surface area (Å²) in [6.07, 6.45) is 2.57. The summed E-state index contributed by atoms with van der Waals surface area (Å²) in [6, 6.07) is 23.9. The minimum atomic E-state index is -0.227. The van der Waals surface area contributed by atoms with Gasteiger partial charge < -0.3 is 4.74 Å². The van der Waals surface area contributed by atoms with E-state index in [-0.39, 0.29) is 11.7 Å². The predicted molar refractivity (Wildman–Crippen MR) is 145 cm³/mol. The number of nitrogens with zero attached hydrogens (tertiary/aromatic N) is 4. The summed E-state index contributed by atoms with van der Waals surface area (Å²) in [5.74, 6) is 1.47. The van der Waals surface area contributed by atoms with Gasteiger partial charge in [-0.25, -0.2) is 5.43 Å². The van der Waals surface area contributed by atoms with Gasteiger partial charge in [-0.3, -0.25) is 9.36 Å². The summed E-state index contributed by atoms with van der Waals surface area (Å²) >= 11 is 1.32. The number of amides is 1. The van der Waals surface area contributed by atoms with Crippen molar-refractivity contribution in [2.75, 3.05) is 12.4 Å². The van der Waals surface area contributed by atoms with Crippen molar-refractivity contribution in [1.82, 2.24) is 20.2 Å². The first-order chi connectivity index (χ1) is 17.5. The van der Waals surface area contributed by atoms with Crippen LogP contribution in [-0.4, -0.2) is 39.2 Å². The highest BCUT2D eigenvalue weighted by Crippen LogP contribution is 2.28. The van der Waals surface area contributed by atoms with Gasteiger partial charge in [0.05, 0.1) is 18.6 Å². The van der Waals surface area contributed by atoms with Gasteiger partial charge in [0.15, 0.2) is 11.0 Å². The van der Waals surface area contributed by atoms with Crippen molar-refractivity contribution in [2.45, 2.75) is 32.3 Å². The molecule has 0 radical (unpaired) electrons. The number of hydrogen-bond donors (Lipinski definition) is 1. The first-order valence-electron chi connectivity index (χ1n) is 11.8. The molecule has 7 nitrogen and oxygen atoms in total. The second-order valence-electron chi connectivity index (χ2n) is 8.34. The minimum absolute atomic E-state index is 0.152. The number of ether oxygens (including phenoxy) is 1. The maximum absolute atomic E-state index is 12.5. The van der Waals surface area contributed by atoms with Gasteiger partial charge in [0.1, 0.15) is 5.75 Å². The summed E-state index contributed by atoms with van der Waals surface area (Å²) < 4.78 is 7.56. The van der Waals surface area contributed by atoms with Gasteiger partial charge in [-0.2, -0.15) is 5.10 Å². The smallest absolute Gasteiger partial charge is 0.250 e. The Morgan fingerprint density at radius 3 is 2.31 bits per heavy atom. The second kappa shape index (κ2) is 12.2. The number of benzene rings is 3. The number of thioether (sulfide) groups is 1. The van der Waals surface area contributed by atoms with Crippen LogP contribution in [0, 0.1) is 13.8 Å². The summed E-state index contributed by atoms with van der Waals surface area (Å²) in [6.45, 7) is 6.85. The van der Waals surface area contributed by atoms with E-state index < -0.39 is 0 Å². The lowest BCUT2D eigenvalue weighted by atomic mass is 10.1. The first kappa shape index (κ1) is 25.2. The number of hydrazone groups is 1. The Kier molecular flexibility index (Phi) is 8.52. The zero-order valence-corrected chi connectivity index (χ0v) is 21.5. The molecule has 0 unspecified atom stereocenters. The number of hydrogen-bond acceptors (Lipinski definition) is 6. The van der Waals surface area contributed by atoms with Gasteiger partial charge in [0.25, 0.3) is 5.91 Å². The van der Waals surface area contributed by atoms with Crippen LogP contribution in [-0.2, 0) is 4.79 Å². The van der Waals surface area contributed by atoms with Gasteiger partial charge >= 0.3 is 0 Å². The van der Waals surface area contributed by atoms with E-state index in [2.05, 4.69) is 27.6 Å². The van der Waals surface area contributed by atoms with E-state index in [1.54, 1.807) is 6.21 Å². The van der Waals surface area contributed by atoms with E-state index in [4.69, 9.17) is 4.74 Å². The lowest BCUT2D eigenvalue weighted by molar-refractivity contribution is -0.118. The van der Waals surface area contributed by atoms with Gasteiger partial charge in [0.2, 0.25) is 0 Å². The third-order valence-corrected chi connectivity index (χ3v) is 6.25. The average molecular weight is 500 g/mol. The summed E-state index contributed by atoms with van der Waals surface area (Å²) in [5.41, 5.74) is 7.69. The quantitative estimate of drug-likeness (QED) is 0.175. The van der Waals surface area contributed by atoms with Gasteiger partial charge in [-0.05, 0) is 62.2 Å². The maximum Gasteiger partial charge on any atom is 0.250 e. The van der Waals surface area contributed by atoms with Crippen LogP contribution in [0.25, 0.3) is 17.1 Å². The van der Waals surface area contributed by atoms with Crippen molar-refractivity contribution >= 4 is 23.9 Å². The maximum atomic E-state index is 12.5. The normalized spacial score (nSPS) is 11.1. The van der Waals surface area contributed by atoms with Gasteiger partial charge in [-0.1, -0.05) is 66.2 Å². The summed E-state index contributed by atoms with van der Waals surface area (Å²) in [4.78, 5) is 12.5. The zero-order valence-electron chi connectivity index (χ0n) is 20.6. The van der Waals surface area contributed by atoms with Gasteiger partial charge in [-0.15, -0.1) is 10.2 Å². The molecule has 1 aromatic heterocycles. The molecule has 0 saturated heterocycles. The number of aryl methyl sites for hydroxylation is 2. The van der Waals surface area contributed by atoms with Crippen LogP contribution in [0.3, 0.4) is 0 Å². The fourth-order valence-electron chi connectivity index (χ4n) is 3.39. The molecule has 184 valence electrons. The molecule has 0 spiro atoms. The SMILES string of the molecule is CCCOc1ccc(C=NNC(=O)CSc2nnc(-c3ccc(C)cc3)n2-c2ccc(C)cc2)cc1. The van der Waals surface area contributed by atoms with Crippen LogP contribution in [0.15, 0.2) is 83.1 Å². The number of aromatic nitrogens is 3. The monoisotopic (exact) mass is 499 g/mol. The molecule has 0 aliphatic carbocycles. The van der Waals surface area contributed by atoms with E-state index in [0.29, 0.717) is 11.8 Å². The van der Waals surface area contributed by atoms with Crippen LogP contribution in [0.4, 0.5) is 0 Å². The highest BCUT2D eigenvalue weighted by molar-refractivity contribution is 7.99. The van der Waals surface area contributed by atoms with E-state index in [1.807, 2.05) is 91.2 Å². The van der Waals surface area contributed by atoms with E-state index in [1.165, 1.54) is 22.9 Å². The molecule has 3 aromatic carbocycles. The highest BCUT2D eigenvalue weighted by Gasteiger charge is 2.17. The van der Waals surface area contributed by atoms with Crippen molar-refractivity contribution in [1.29, 1.82) is 0 Å². The number of nitrogens with one attached hydrogen (secondary N) is 1. The molecule has 0 bridgehead atoms. The Morgan fingerprint density at radius 1 is 0.972 bits per heavy atom. The second-order valence-corrected chi connectivity index (χ2v) is 9.29. The van der Waals surface area contributed by atoms with E-state index >= 15 is 0 Å². The van der Waals surface area contributed by atoms with E-state index in [9.17, 15) is 4.79 Å². The molecule has 1 heterocycles. The third-order valence-electron chi connectivity index (χ3n) is 5.32. The molecule has 4 aromatic rings. The lowest BCUT2D eigenvalue weighted by Crippen LogP contribution is -2.20. The molecule has 4 rings (SSSR count). The Morgan fingerprint density at radius 2 is 1.64 bits per heavy atom. The standard InChI is InChI=1S/C28H29N5O2S/c1-4-17-35-25-15-9-22(10-16-25)18-29-30-26(34)19-36-28-32-31-27(23-11-5-20(2)6-12-23)33(28)24-13-7-21(3)8-14-24/h5-16,18H,4,17,19H2,1-3H3,(H,30,34). The molecule has 0 saturated carbocycles. The fourth-order valence-corrected chi connectivity index (χ4v) is 4.14. The van der Waals surface area contributed by atoms with Crippen LogP contribution < -0.4 is 10.2 Å². The minimum Gasteiger partial charge on any atom is -0.494 e. The molecular weight excluding hydrogens is 470 g/mol. The topological polar surface area (TPSA) is 81.4 Å². The Hall–Kier alpha value is -3.91. The Bertz CT molecular complexity index is 1310. The molecule has 36 heavy (non-hydrogen) atoms. The number of carbonyl (C=O) groups is 1. The number of carbonyl (C=O) groups excluding carboxylic acids is 1. The zero-order chi connectivity index (χ0) is 25.3. The lowest BCUT2D eigenvalue weighted by Gasteiger charge is -2.11. The average Bonchev–Trinajstić information content (AvgIpc) is 3.32. The van der Waals surface area contributed by atoms with Crippen molar-refractivity contribution in [3.05, 3.63) is 89.5 Å². The first-order valence-corrected chi connectivity index (χ1v) is 12.8. The van der Waals surface area contributed by atoms with Gasteiger partial charge in [0, 0.05) is 11.3 Å². The van der Waals surface area contributed by atoms with E-state index in [0.717, 1.165) is 34.8 Å². The van der Waals surface area contributed by atoms with Crippen molar-refractivity contribution in [3.63, 3.8) is 0 Å². The fraction of sp³-hybridized carbons (Fsp3) is 0.214. The van der Waals surface area contributed by atoms with Crippen LogP contribution in [0.1, 0.15) is 30.0 Å². The molecule has 0 aliphatic rings. The Balaban J connectivity index is 1.43. The predicted octanol–water partition coefficient (Wildman–Crippen LogP) is 5.58. The molecular formula is C28H29N5O2S. The summed E-state index contributed by atoms with van der Waals surface area (Å²) in [5, 5.41) is 13.5. The molecule has 0 atom stereocenters. The molecule has 8 heteroatoms. The molecule has 0 aliphatic heterocycles. The molecule has 1 N–H and O–H groups in total. The number of rotatable bonds is 10. The van der Waals surface area contributed by atoms with Crippen LogP contribution >= 0.6 is 11.8 Å². The molecule has 1 amide bonds. The highest BCUT2D eigenvalue weighted by atomic mass is 32.2. The van der Waals surface area contributed by atoms with Crippen molar-refractivity contribution < 1.29 is 9.53 Å². The summed E-state index contributed by atoms with van der Waals surface area (Å²) in [7, 11) is 0. The van der Waals surface area contributed by atoms with Crippen molar-refractivity contribution in [3.8, 4) is 22.8 Å². The van der Waals surface area contributed by atoms with Crippen LogP contribution in [0.2, 0.25) is 0 Å². The van der Waals surface area contributed by atoms with Crippen LogP contribution in [0.5, 0.6) is 5.75 Å². The third kappa shape index (κ3) is 6.60. The molecule has 0 fully saturated rings. The Labute approximate surface area is 215 Å². The van der Waals surface area contributed by atoms with Crippen molar-refractivity contribution in [2.24, 2.45) is 5.10 Å². The largest absolute Gasteiger partial charge is 0.494 e.